The Morgan fingerprint density at radius 2 is 1.93 bits per heavy atom. The molecule has 12 nitrogen and oxygen atoms in total. The number of benzene rings is 2. The van der Waals surface area contributed by atoms with Crippen molar-refractivity contribution in [2.75, 3.05) is 18.5 Å². The first kappa shape index (κ1) is 28.1. The van der Waals surface area contributed by atoms with Gasteiger partial charge in [0.1, 0.15) is 17.8 Å². The molecule has 0 saturated heterocycles. The Labute approximate surface area is 232 Å². The Balaban J connectivity index is 1.24. The summed E-state index contributed by atoms with van der Waals surface area (Å²) in [5.41, 5.74) is 11.3. The number of nitrogens with one attached hydrogen (secondary N) is 2. The fraction of sp³-hybridized carbons (Fsp3) is 0.321. The second-order valence-corrected chi connectivity index (χ2v) is 9.08. The van der Waals surface area contributed by atoms with E-state index in [9.17, 15) is 4.79 Å². The number of hydrogen-bond acceptors (Lipinski definition) is 8. The molecule has 206 valence electrons. The van der Waals surface area contributed by atoms with Gasteiger partial charge >= 0.3 is 0 Å². The van der Waals surface area contributed by atoms with Crippen LogP contribution in [0, 0.1) is 0 Å². The number of anilines is 1. The number of carbonyl (C=O) groups excluding carboxylic acids is 1. The standard InChI is InChI=1S/C28H32N10O2/c1-38-26(35-36-27(38)25-12-14-30-20-33-25)19-31-23-10-7-9-22(17-23)28(39)32-18-21-8-6-11-24(16-21)40-15-5-3-2-4-13-34-37-29/h6-12,14,16-17,20,31H,2-5,13,15,18-19H2,1H3,(H,32,39). The van der Waals surface area contributed by atoms with Crippen molar-refractivity contribution in [3.05, 3.63) is 94.5 Å². The molecule has 4 aromatic rings. The molecular formula is C28H32N10O2. The van der Waals surface area contributed by atoms with Gasteiger partial charge in [0.25, 0.3) is 5.91 Å². The van der Waals surface area contributed by atoms with Crippen LogP contribution >= 0.6 is 0 Å². The van der Waals surface area contributed by atoms with Gasteiger partial charge in [-0.15, -0.1) is 10.2 Å². The molecule has 0 bridgehead atoms. The minimum Gasteiger partial charge on any atom is -0.494 e. The number of aromatic nitrogens is 5. The van der Waals surface area contributed by atoms with Gasteiger partial charge in [0.2, 0.25) is 0 Å². The number of unbranched alkanes of at least 4 members (excludes halogenated alkanes) is 3. The molecule has 0 aliphatic heterocycles. The molecule has 1 amide bonds. The van der Waals surface area contributed by atoms with Crippen LogP contribution < -0.4 is 15.4 Å². The van der Waals surface area contributed by atoms with Gasteiger partial charge in [-0.1, -0.05) is 36.2 Å². The van der Waals surface area contributed by atoms with Gasteiger partial charge in [0.15, 0.2) is 11.6 Å². The Hall–Kier alpha value is -4.96. The Morgan fingerprint density at radius 3 is 2.77 bits per heavy atom. The summed E-state index contributed by atoms with van der Waals surface area (Å²) >= 11 is 0. The predicted molar refractivity (Wildman–Crippen MR) is 151 cm³/mol. The van der Waals surface area contributed by atoms with Crippen LogP contribution in [0.1, 0.15) is 47.4 Å². The van der Waals surface area contributed by atoms with Crippen molar-refractivity contribution in [1.82, 2.24) is 30.0 Å². The Morgan fingerprint density at radius 1 is 1.05 bits per heavy atom. The number of amides is 1. The predicted octanol–water partition coefficient (Wildman–Crippen LogP) is 5.06. The minimum atomic E-state index is -0.166. The third-order valence-corrected chi connectivity index (χ3v) is 6.19. The first-order valence-corrected chi connectivity index (χ1v) is 13.1. The highest BCUT2D eigenvalue weighted by Crippen LogP contribution is 2.17. The maximum absolute atomic E-state index is 12.8. The van der Waals surface area contributed by atoms with Crippen molar-refractivity contribution < 1.29 is 9.53 Å². The van der Waals surface area contributed by atoms with Crippen LogP contribution in [-0.4, -0.2) is 43.8 Å². The van der Waals surface area contributed by atoms with Gasteiger partial charge in [0, 0.05) is 42.5 Å². The molecule has 0 fully saturated rings. The van der Waals surface area contributed by atoms with Gasteiger partial charge in [0.05, 0.1) is 13.2 Å². The molecule has 0 radical (unpaired) electrons. The molecule has 0 aliphatic rings. The summed E-state index contributed by atoms with van der Waals surface area (Å²) in [4.78, 5) is 23.8. The number of hydrogen-bond donors (Lipinski definition) is 2. The van der Waals surface area contributed by atoms with Gasteiger partial charge in [-0.05, 0) is 60.3 Å². The number of nitrogens with zero attached hydrogens (tertiary/aromatic N) is 8. The minimum absolute atomic E-state index is 0.166. The molecule has 2 aromatic carbocycles. The highest BCUT2D eigenvalue weighted by molar-refractivity contribution is 5.95. The monoisotopic (exact) mass is 540 g/mol. The smallest absolute Gasteiger partial charge is 0.251 e. The van der Waals surface area contributed by atoms with E-state index in [1.54, 1.807) is 18.3 Å². The average molecular weight is 541 g/mol. The average Bonchev–Trinajstić information content (AvgIpc) is 3.37. The Kier molecular flexibility index (Phi) is 10.4. The van der Waals surface area contributed by atoms with E-state index in [2.05, 4.69) is 40.8 Å². The normalized spacial score (nSPS) is 10.5. The molecular weight excluding hydrogens is 508 g/mol. The van der Waals surface area contributed by atoms with Crippen LogP contribution in [0.4, 0.5) is 5.69 Å². The van der Waals surface area contributed by atoms with Crippen LogP contribution in [0.3, 0.4) is 0 Å². The van der Waals surface area contributed by atoms with Crippen LogP contribution in [-0.2, 0) is 20.1 Å². The third kappa shape index (κ3) is 8.27. The summed E-state index contributed by atoms with van der Waals surface area (Å²) in [7, 11) is 1.88. The molecule has 0 aliphatic carbocycles. The molecule has 12 heteroatoms. The summed E-state index contributed by atoms with van der Waals surface area (Å²) in [5, 5.41) is 18.3. The fourth-order valence-electron chi connectivity index (χ4n) is 4.02. The molecule has 2 N–H and O–H groups in total. The second kappa shape index (κ2) is 14.8. The molecule has 4 rings (SSSR count). The lowest BCUT2D eigenvalue weighted by atomic mass is 10.1. The maximum Gasteiger partial charge on any atom is 0.251 e. The first-order chi connectivity index (χ1) is 19.6. The largest absolute Gasteiger partial charge is 0.494 e. The van der Waals surface area contributed by atoms with E-state index >= 15 is 0 Å². The zero-order chi connectivity index (χ0) is 28.0. The zero-order valence-electron chi connectivity index (χ0n) is 22.4. The van der Waals surface area contributed by atoms with E-state index in [4.69, 9.17) is 10.3 Å². The molecule has 40 heavy (non-hydrogen) atoms. The number of carbonyl (C=O) groups is 1. The summed E-state index contributed by atoms with van der Waals surface area (Å²) in [6.45, 7) is 1.98. The van der Waals surface area contributed by atoms with Gasteiger partial charge in [-0.2, -0.15) is 0 Å². The van der Waals surface area contributed by atoms with Gasteiger partial charge in [-0.3, -0.25) is 4.79 Å². The van der Waals surface area contributed by atoms with Crippen LogP contribution in [0.15, 0.2) is 72.2 Å². The van der Waals surface area contributed by atoms with Crippen molar-refractivity contribution >= 4 is 11.6 Å². The lowest BCUT2D eigenvalue weighted by Gasteiger charge is -2.11. The number of rotatable bonds is 15. The van der Waals surface area contributed by atoms with Crippen molar-refractivity contribution in [1.29, 1.82) is 0 Å². The van der Waals surface area contributed by atoms with E-state index in [0.717, 1.165) is 48.5 Å². The second-order valence-electron chi connectivity index (χ2n) is 9.08. The topological polar surface area (TPSA) is 156 Å². The third-order valence-electron chi connectivity index (χ3n) is 6.19. The lowest BCUT2D eigenvalue weighted by molar-refractivity contribution is 0.0951. The van der Waals surface area contributed by atoms with Crippen molar-refractivity contribution in [2.24, 2.45) is 12.2 Å². The summed E-state index contributed by atoms with van der Waals surface area (Å²) in [5.74, 6) is 2.00. The van der Waals surface area contributed by atoms with E-state index < -0.39 is 0 Å². The lowest BCUT2D eigenvalue weighted by Crippen LogP contribution is -2.22. The van der Waals surface area contributed by atoms with E-state index in [1.165, 1.54) is 6.33 Å². The van der Waals surface area contributed by atoms with Crippen molar-refractivity contribution in [3.63, 3.8) is 0 Å². The highest BCUT2D eigenvalue weighted by Gasteiger charge is 2.12. The summed E-state index contributed by atoms with van der Waals surface area (Å²) in [6, 6.07) is 16.8. The number of azide groups is 1. The first-order valence-electron chi connectivity index (χ1n) is 13.1. The van der Waals surface area contributed by atoms with Crippen molar-refractivity contribution in [3.8, 4) is 17.3 Å². The molecule has 0 atom stereocenters. The molecule has 2 aromatic heterocycles. The quantitative estimate of drug-likeness (QED) is 0.0923. The van der Waals surface area contributed by atoms with Crippen molar-refractivity contribution in [2.45, 2.75) is 38.8 Å². The van der Waals surface area contributed by atoms with Crippen LogP contribution in [0.25, 0.3) is 22.0 Å². The van der Waals surface area contributed by atoms with E-state index in [1.807, 2.05) is 54.1 Å². The number of ether oxygens (including phenoxy) is 1. The van der Waals surface area contributed by atoms with Gasteiger partial charge in [-0.25, -0.2) is 9.97 Å². The SMILES string of the molecule is Cn1c(CNc2cccc(C(=O)NCc3cccc(OCCCCCCN=[N+]=[N-])c3)c2)nnc1-c1ccncn1. The summed E-state index contributed by atoms with van der Waals surface area (Å²) < 4.78 is 7.73. The highest BCUT2D eigenvalue weighted by atomic mass is 16.5. The molecule has 0 spiro atoms. The molecule has 2 heterocycles. The zero-order valence-corrected chi connectivity index (χ0v) is 22.4. The Bertz CT molecular complexity index is 1430. The van der Waals surface area contributed by atoms with Gasteiger partial charge < -0.3 is 19.9 Å². The van der Waals surface area contributed by atoms with E-state index in [-0.39, 0.29) is 5.91 Å². The molecule has 0 unspecified atom stereocenters. The maximum atomic E-state index is 12.8. The van der Waals surface area contributed by atoms with Crippen LogP contribution in [0.5, 0.6) is 5.75 Å². The van der Waals surface area contributed by atoms with Crippen LogP contribution in [0.2, 0.25) is 0 Å². The van der Waals surface area contributed by atoms with E-state index in [0.29, 0.717) is 43.3 Å². The molecule has 0 saturated carbocycles. The fourth-order valence-corrected chi connectivity index (χ4v) is 4.02. The summed E-state index contributed by atoms with van der Waals surface area (Å²) in [6.07, 6.45) is 7.00.